The lowest BCUT2D eigenvalue weighted by atomic mass is 9.87. The van der Waals surface area contributed by atoms with Gasteiger partial charge in [0.15, 0.2) is 0 Å². The summed E-state index contributed by atoms with van der Waals surface area (Å²) in [4.78, 5) is 14.1. The fourth-order valence-electron chi connectivity index (χ4n) is 3.80. The highest BCUT2D eigenvalue weighted by Crippen LogP contribution is 2.34. The topological polar surface area (TPSA) is 80.6 Å². The fraction of sp³-hybridized carbons (Fsp3) is 0.533. The van der Waals surface area contributed by atoms with Crippen LogP contribution < -0.4 is 10.2 Å². The predicted molar refractivity (Wildman–Crippen MR) is 80.0 cm³/mol. The van der Waals surface area contributed by atoms with E-state index in [-0.39, 0.29) is 5.54 Å². The van der Waals surface area contributed by atoms with Gasteiger partial charge in [-0.25, -0.2) is 9.97 Å². The van der Waals surface area contributed by atoms with E-state index in [0.29, 0.717) is 5.56 Å². The highest BCUT2D eigenvalue weighted by Gasteiger charge is 2.38. The lowest BCUT2D eigenvalue weighted by molar-refractivity contribution is 0.307. The van der Waals surface area contributed by atoms with E-state index in [2.05, 4.69) is 31.2 Å². The summed E-state index contributed by atoms with van der Waals surface area (Å²) >= 11 is 0. The zero-order valence-electron chi connectivity index (χ0n) is 11.9. The summed E-state index contributed by atoms with van der Waals surface area (Å²) in [6.07, 6.45) is 8.17. The van der Waals surface area contributed by atoms with Crippen molar-refractivity contribution < 1.29 is 0 Å². The first kappa shape index (κ1) is 12.6. The number of nitrogens with one attached hydrogen (secondary N) is 2. The van der Waals surface area contributed by atoms with Gasteiger partial charge in [-0.05, 0) is 32.2 Å². The fourth-order valence-corrected chi connectivity index (χ4v) is 3.80. The van der Waals surface area contributed by atoms with Gasteiger partial charge in [0, 0.05) is 24.8 Å². The first-order valence-corrected chi connectivity index (χ1v) is 7.53. The maximum Gasteiger partial charge on any atom is 0.144 e. The average Bonchev–Trinajstić information content (AvgIpc) is 3.14. The number of hydrogen-bond acceptors (Lipinski definition) is 5. The lowest BCUT2D eigenvalue weighted by Crippen LogP contribution is -2.54. The molecule has 6 heteroatoms. The Hall–Kier alpha value is -2.13. The molecule has 2 aliphatic heterocycles. The number of aromatic nitrogens is 3. The molecule has 108 valence electrons. The highest BCUT2D eigenvalue weighted by atomic mass is 15.2. The second-order valence-electron chi connectivity index (χ2n) is 6.07. The minimum Gasteiger partial charge on any atom is -0.354 e. The number of nitriles is 1. The minimum atomic E-state index is 0.235. The number of rotatable bonds is 1. The van der Waals surface area contributed by atoms with Gasteiger partial charge in [0.2, 0.25) is 0 Å². The molecule has 2 aliphatic rings. The standard InChI is InChI=1S/C15H18N6/c16-7-11-8-17-13-12(11)14(19-10-18-13)21-6-2-4-15(9-21)3-1-5-20-15/h8,10,20H,1-6,9H2,(H,17,18,19). The van der Waals surface area contributed by atoms with Crippen molar-refractivity contribution in [1.82, 2.24) is 20.3 Å². The van der Waals surface area contributed by atoms with Crippen LogP contribution in [0.15, 0.2) is 12.5 Å². The highest BCUT2D eigenvalue weighted by molar-refractivity contribution is 5.92. The Bertz CT molecular complexity index is 707. The van der Waals surface area contributed by atoms with Gasteiger partial charge in [0.05, 0.1) is 10.9 Å². The summed E-state index contributed by atoms with van der Waals surface area (Å²) in [5.41, 5.74) is 1.61. The summed E-state index contributed by atoms with van der Waals surface area (Å²) in [5.74, 6) is 0.894. The summed E-state index contributed by atoms with van der Waals surface area (Å²) in [6.45, 7) is 3.07. The van der Waals surface area contributed by atoms with E-state index in [1.54, 1.807) is 12.5 Å². The second kappa shape index (κ2) is 4.71. The summed E-state index contributed by atoms with van der Waals surface area (Å²) in [6, 6.07) is 2.24. The van der Waals surface area contributed by atoms with Crippen molar-refractivity contribution in [3.63, 3.8) is 0 Å². The van der Waals surface area contributed by atoms with Crippen LogP contribution in [0.1, 0.15) is 31.2 Å². The smallest absolute Gasteiger partial charge is 0.144 e. The number of aromatic amines is 1. The Morgan fingerprint density at radius 1 is 1.29 bits per heavy atom. The zero-order valence-corrected chi connectivity index (χ0v) is 11.9. The third-order valence-corrected chi connectivity index (χ3v) is 4.78. The molecular weight excluding hydrogens is 264 g/mol. The maximum atomic E-state index is 9.30. The molecule has 6 nitrogen and oxygen atoms in total. The van der Waals surface area contributed by atoms with Gasteiger partial charge in [-0.2, -0.15) is 5.26 Å². The molecule has 0 aliphatic carbocycles. The van der Waals surface area contributed by atoms with Crippen LogP contribution in [-0.4, -0.2) is 40.1 Å². The number of nitrogens with zero attached hydrogens (tertiary/aromatic N) is 4. The van der Waals surface area contributed by atoms with Crippen LogP contribution in [0.3, 0.4) is 0 Å². The molecule has 2 aromatic heterocycles. The van der Waals surface area contributed by atoms with Gasteiger partial charge < -0.3 is 15.2 Å². The summed E-state index contributed by atoms with van der Waals surface area (Å²) < 4.78 is 0. The van der Waals surface area contributed by atoms with Crippen LogP contribution in [0.5, 0.6) is 0 Å². The monoisotopic (exact) mass is 282 g/mol. The average molecular weight is 282 g/mol. The number of H-pyrrole nitrogens is 1. The van der Waals surface area contributed by atoms with Crippen LogP contribution in [-0.2, 0) is 0 Å². The van der Waals surface area contributed by atoms with Crippen LogP contribution in [0.25, 0.3) is 11.0 Å². The van der Waals surface area contributed by atoms with Gasteiger partial charge in [0.25, 0.3) is 0 Å². The molecule has 2 fully saturated rings. The van der Waals surface area contributed by atoms with E-state index in [4.69, 9.17) is 0 Å². The maximum absolute atomic E-state index is 9.30. The molecule has 0 radical (unpaired) electrons. The predicted octanol–water partition coefficient (Wildman–Crippen LogP) is 1.55. The van der Waals surface area contributed by atoms with E-state index in [9.17, 15) is 5.26 Å². The molecule has 4 rings (SSSR count). The van der Waals surface area contributed by atoms with Crippen molar-refractivity contribution in [2.75, 3.05) is 24.5 Å². The SMILES string of the molecule is N#Cc1c[nH]c2ncnc(N3CCCC4(CCCN4)C3)c12. The van der Waals surface area contributed by atoms with Crippen LogP contribution in [0.4, 0.5) is 5.82 Å². The van der Waals surface area contributed by atoms with Gasteiger partial charge in [-0.3, -0.25) is 0 Å². The quantitative estimate of drug-likeness (QED) is 0.829. The first-order chi connectivity index (χ1) is 10.3. The summed E-state index contributed by atoms with van der Waals surface area (Å²) in [7, 11) is 0. The van der Waals surface area contributed by atoms with E-state index < -0.39 is 0 Å². The number of hydrogen-bond donors (Lipinski definition) is 2. The number of anilines is 1. The molecule has 21 heavy (non-hydrogen) atoms. The molecule has 0 saturated carbocycles. The van der Waals surface area contributed by atoms with Gasteiger partial charge in [0.1, 0.15) is 23.9 Å². The Labute approximate surface area is 123 Å². The third-order valence-electron chi connectivity index (χ3n) is 4.78. The van der Waals surface area contributed by atoms with Crippen LogP contribution in [0, 0.1) is 11.3 Å². The van der Waals surface area contributed by atoms with E-state index >= 15 is 0 Å². The van der Waals surface area contributed by atoms with E-state index in [1.807, 2.05) is 0 Å². The largest absolute Gasteiger partial charge is 0.354 e. The van der Waals surface area contributed by atoms with E-state index in [1.165, 1.54) is 19.3 Å². The molecule has 1 atom stereocenters. The summed E-state index contributed by atoms with van der Waals surface area (Å²) in [5, 5.41) is 13.8. The molecule has 0 bridgehead atoms. The Morgan fingerprint density at radius 3 is 3.00 bits per heavy atom. The Morgan fingerprint density at radius 2 is 2.19 bits per heavy atom. The third kappa shape index (κ3) is 1.96. The molecule has 2 saturated heterocycles. The van der Waals surface area contributed by atoms with E-state index in [0.717, 1.165) is 42.9 Å². The Kier molecular flexibility index (Phi) is 2.82. The van der Waals surface area contributed by atoms with Crippen LogP contribution >= 0.6 is 0 Å². The second-order valence-corrected chi connectivity index (χ2v) is 6.07. The molecule has 1 unspecified atom stereocenters. The molecule has 2 N–H and O–H groups in total. The minimum absolute atomic E-state index is 0.235. The number of fused-ring (bicyclic) bond motifs is 1. The van der Waals surface area contributed by atoms with Gasteiger partial charge in [-0.1, -0.05) is 0 Å². The molecule has 2 aromatic rings. The van der Waals surface area contributed by atoms with Crippen molar-refractivity contribution in [2.24, 2.45) is 0 Å². The van der Waals surface area contributed by atoms with Gasteiger partial charge in [-0.15, -0.1) is 0 Å². The van der Waals surface area contributed by atoms with Crippen molar-refractivity contribution >= 4 is 16.9 Å². The van der Waals surface area contributed by atoms with Crippen molar-refractivity contribution in [1.29, 1.82) is 5.26 Å². The molecule has 0 amide bonds. The van der Waals surface area contributed by atoms with Crippen molar-refractivity contribution in [2.45, 2.75) is 31.2 Å². The molecular formula is C15H18N6. The van der Waals surface area contributed by atoms with Gasteiger partial charge >= 0.3 is 0 Å². The molecule has 1 spiro atoms. The van der Waals surface area contributed by atoms with Crippen LogP contribution in [0.2, 0.25) is 0 Å². The molecule has 4 heterocycles. The first-order valence-electron chi connectivity index (χ1n) is 7.53. The molecule has 0 aromatic carbocycles. The normalized spacial score (nSPS) is 25.6. The number of piperidine rings is 1. The van der Waals surface area contributed by atoms with Crippen molar-refractivity contribution in [3.05, 3.63) is 18.1 Å². The lowest BCUT2D eigenvalue weighted by Gasteiger charge is -2.41. The van der Waals surface area contributed by atoms with Crippen molar-refractivity contribution in [3.8, 4) is 6.07 Å². The zero-order chi connectivity index (χ0) is 14.3. The Balaban J connectivity index is 1.76.